The summed E-state index contributed by atoms with van der Waals surface area (Å²) in [6.07, 6.45) is 1.65. The van der Waals surface area contributed by atoms with Crippen LogP contribution in [-0.2, 0) is 11.3 Å². The highest BCUT2D eigenvalue weighted by atomic mass is 16.3. The van der Waals surface area contributed by atoms with Crippen molar-refractivity contribution in [3.8, 4) is 0 Å². The van der Waals surface area contributed by atoms with E-state index in [1.54, 1.807) is 6.92 Å². The quantitative estimate of drug-likeness (QED) is 0.579. The third-order valence-electron chi connectivity index (χ3n) is 2.36. The fraction of sp³-hybridized carbons (Fsp3) is 0.636. The zero-order chi connectivity index (χ0) is 12.1. The van der Waals surface area contributed by atoms with Gasteiger partial charge in [-0.1, -0.05) is 0 Å². The van der Waals surface area contributed by atoms with Crippen molar-refractivity contribution in [2.75, 3.05) is 19.0 Å². The standard InChI is InChI=1S/C11H19N3O2/c1-9(16)10-8-11(13(2)3)14(12-10)6-4-5-7-15/h7-9,16H,4-6H2,1-3H3. The molecule has 1 atom stereocenters. The first-order chi connectivity index (χ1) is 7.56. The predicted octanol–water partition coefficient (Wildman–Crippen LogP) is 0.981. The van der Waals surface area contributed by atoms with Gasteiger partial charge in [-0.25, -0.2) is 4.68 Å². The number of aliphatic hydroxyl groups excluding tert-OH is 1. The molecular formula is C11H19N3O2. The van der Waals surface area contributed by atoms with Crippen molar-refractivity contribution in [2.24, 2.45) is 0 Å². The van der Waals surface area contributed by atoms with Crippen LogP contribution in [-0.4, -0.2) is 35.3 Å². The summed E-state index contributed by atoms with van der Waals surface area (Å²) < 4.78 is 1.82. The van der Waals surface area contributed by atoms with Gasteiger partial charge in [0.15, 0.2) is 0 Å². The molecule has 90 valence electrons. The van der Waals surface area contributed by atoms with E-state index in [0.29, 0.717) is 18.7 Å². The van der Waals surface area contributed by atoms with Gasteiger partial charge in [-0.2, -0.15) is 5.10 Å². The van der Waals surface area contributed by atoms with Crippen LogP contribution in [0, 0.1) is 0 Å². The predicted molar refractivity (Wildman–Crippen MR) is 62.5 cm³/mol. The highest BCUT2D eigenvalue weighted by Gasteiger charge is 2.12. The monoisotopic (exact) mass is 225 g/mol. The number of aromatic nitrogens is 2. The van der Waals surface area contributed by atoms with E-state index in [9.17, 15) is 9.90 Å². The van der Waals surface area contributed by atoms with Gasteiger partial charge in [-0.05, 0) is 13.3 Å². The Morgan fingerprint density at radius 1 is 1.62 bits per heavy atom. The number of anilines is 1. The summed E-state index contributed by atoms with van der Waals surface area (Å²) in [4.78, 5) is 12.2. The average Bonchev–Trinajstić information content (AvgIpc) is 2.62. The summed E-state index contributed by atoms with van der Waals surface area (Å²) in [7, 11) is 3.86. The van der Waals surface area contributed by atoms with Gasteiger partial charge in [-0.15, -0.1) is 0 Å². The Kier molecular flexibility index (Phi) is 4.49. The highest BCUT2D eigenvalue weighted by Crippen LogP contribution is 2.19. The molecule has 0 aliphatic carbocycles. The van der Waals surface area contributed by atoms with E-state index in [4.69, 9.17) is 0 Å². The lowest BCUT2D eigenvalue weighted by atomic mass is 10.3. The van der Waals surface area contributed by atoms with E-state index >= 15 is 0 Å². The van der Waals surface area contributed by atoms with Crippen LogP contribution in [0.25, 0.3) is 0 Å². The molecule has 1 N–H and O–H groups in total. The van der Waals surface area contributed by atoms with Crippen LogP contribution in [0.15, 0.2) is 6.07 Å². The van der Waals surface area contributed by atoms with E-state index < -0.39 is 6.10 Å². The summed E-state index contributed by atoms with van der Waals surface area (Å²) in [6.45, 7) is 2.39. The first kappa shape index (κ1) is 12.7. The van der Waals surface area contributed by atoms with Crippen LogP contribution in [0.1, 0.15) is 31.6 Å². The maximum absolute atomic E-state index is 10.2. The molecule has 0 amide bonds. The van der Waals surface area contributed by atoms with Crippen molar-refractivity contribution in [3.63, 3.8) is 0 Å². The van der Waals surface area contributed by atoms with Crippen molar-refractivity contribution in [3.05, 3.63) is 11.8 Å². The molecule has 1 rings (SSSR count). The number of aliphatic hydroxyl groups is 1. The number of aldehydes is 1. The van der Waals surface area contributed by atoms with Gasteiger partial charge in [0, 0.05) is 33.1 Å². The van der Waals surface area contributed by atoms with Gasteiger partial charge >= 0.3 is 0 Å². The second-order valence-electron chi connectivity index (χ2n) is 4.03. The van der Waals surface area contributed by atoms with Crippen molar-refractivity contribution < 1.29 is 9.90 Å². The molecule has 1 aromatic rings. The van der Waals surface area contributed by atoms with E-state index in [-0.39, 0.29) is 0 Å². The highest BCUT2D eigenvalue weighted by molar-refractivity contribution is 5.49. The molecular weight excluding hydrogens is 206 g/mol. The molecule has 1 aromatic heterocycles. The van der Waals surface area contributed by atoms with Crippen molar-refractivity contribution in [2.45, 2.75) is 32.4 Å². The minimum Gasteiger partial charge on any atom is -0.387 e. The Bertz CT molecular complexity index is 345. The minimum atomic E-state index is -0.564. The van der Waals surface area contributed by atoms with Crippen LogP contribution in [0.5, 0.6) is 0 Å². The molecule has 0 aliphatic heterocycles. The molecule has 5 nitrogen and oxygen atoms in total. The van der Waals surface area contributed by atoms with Crippen LogP contribution in [0.2, 0.25) is 0 Å². The zero-order valence-corrected chi connectivity index (χ0v) is 10.1. The summed E-state index contributed by atoms with van der Waals surface area (Å²) in [5.41, 5.74) is 0.662. The number of carbonyl (C=O) groups excluding carboxylic acids is 1. The van der Waals surface area contributed by atoms with Crippen molar-refractivity contribution >= 4 is 12.1 Å². The number of unbranched alkanes of at least 4 members (excludes halogenated alkanes) is 1. The molecule has 5 heteroatoms. The summed E-state index contributed by atoms with van der Waals surface area (Å²) in [6, 6.07) is 1.87. The summed E-state index contributed by atoms with van der Waals surface area (Å²) >= 11 is 0. The normalized spacial score (nSPS) is 12.5. The van der Waals surface area contributed by atoms with Gasteiger partial charge < -0.3 is 14.8 Å². The first-order valence-electron chi connectivity index (χ1n) is 5.43. The Morgan fingerprint density at radius 3 is 2.81 bits per heavy atom. The van der Waals surface area contributed by atoms with Gasteiger partial charge in [0.05, 0.1) is 11.8 Å². The van der Waals surface area contributed by atoms with Crippen molar-refractivity contribution in [1.29, 1.82) is 0 Å². The van der Waals surface area contributed by atoms with Gasteiger partial charge in [-0.3, -0.25) is 0 Å². The van der Waals surface area contributed by atoms with E-state index in [1.165, 1.54) is 0 Å². The number of rotatable bonds is 6. The lowest BCUT2D eigenvalue weighted by molar-refractivity contribution is -0.107. The average molecular weight is 225 g/mol. The Balaban J connectivity index is 2.82. The Labute approximate surface area is 95.7 Å². The van der Waals surface area contributed by atoms with Gasteiger partial charge in [0.2, 0.25) is 0 Å². The number of aryl methyl sites for hydroxylation is 1. The molecule has 0 aliphatic rings. The Hall–Kier alpha value is -1.36. The molecule has 1 heterocycles. The number of carbonyl (C=O) groups is 1. The minimum absolute atomic E-state index is 0.538. The second-order valence-corrected chi connectivity index (χ2v) is 4.03. The molecule has 0 radical (unpaired) electrons. The zero-order valence-electron chi connectivity index (χ0n) is 10.1. The fourth-order valence-corrected chi connectivity index (χ4v) is 1.48. The number of hydrogen-bond donors (Lipinski definition) is 1. The maximum atomic E-state index is 10.2. The third kappa shape index (κ3) is 3.06. The van der Waals surface area contributed by atoms with Crippen molar-refractivity contribution in [1.82, 2.24) is 9.78 Å². The largest absolute Gasteiger partial charge is 0.387 e. The van der Waals surface area contributed by atoms with E-state index in [2.05, 4.69) is 5.10 Å². The SMILES string of the molecule is CC(O)c1cc(N(C)C)n(CCCC=O)n1. The topological polar surface area (TPSA) is 58.4 Å². The van der Waals surface area contributed by atoms with Gasteiger partial charge in [0.1, 0.15) is 12.1 Å². The van der Waals surface area contributed by atoms with Crippen LogP contribution < -0.4 is 4.90 Å². The molecule has 0 fully saturated rings. The molecule has 0 saturated carbocycles. The maximum Gasteiger partial charge on any atom is 0.126 e. The second kappa shape index (κ2) is 5.65. The molecule has 1 unspecified atom stereocenters. The number of hydrogen-bond acceptors (Lipinski definition) is 4. The summed E-state index contributed by atoms with van der Waals surface area (Å²) in [5, 5.41) is 13.8. The lowest BCUT2D eigenvalue weighted by Gasteiger charge is -2.13. The van der Waals surface area contributed by atoms with Crippen LogP contribution in [0.4, 0.5) is 5.82 Å². The van der Waals surface area contributed by atoms with Gasteiger partial charge in [0.25, 0.3) is 0 Å². The first-order valence-corrected chi connectivity index (χ1v) is 5.43. The van der Waals surface area contributed by atoms with Crippen LogP contribution in [0.3, 0.4) is 0 Å². The fourth-order valence-electron chi connectivity index (χ4n) is 1.48. The molecule has 0 saturated heterocycles. The Morgan fingerprint density at radius 2 is 2.31 bits per heavy atom. The third-order valence-corrected chi connectivity index (χ3v) is 2.36. The summed E-state index contributed by atoms with van der Waals surface area (Å²) in [5.74, 6) is 0.946. The molecule has 0 aromatic carbocycles. The number of nitrogens with zero attached hydrogens (tertiary/aromatic N) is 3. The lowest BCUT2D eigenvalue weighted by Crippen LogP contribution is -2.15. The molecule has 0 spiro atoms. The van der Waals surface area contributed by atoms with E-state index in [1.807, 2.05) is 29.7 Å². The molecule has 0 bridgehead atoms. The van der Waals surface area contributed by atoms with E-state index in [0.717, 1.165) is 18.5 Å². The molecule has 16 heavy (non-hydrogen) atoms. The van der Waals surface area contributed by atoms with Crippen LogP contribution >= 0.6 is 0 Å². The smallest absolute Gasteiger partial charge is 0.126 e.